The van der Waals surface area contributed by atoms with Crippen LogP contribution in [0.25, 0.3) is 0 Å². The van der Waals surface area contributed by atoms with Gasteiger partial charge in [0.2, 0.25) is 0 Å². The molecule has 0 aromatic heterocycles. The van der Waals surface area contributed by atoms with Crippen LogP contribution in [-0.4, -0.2) is 5.78 Å². The smallest absolute Gasteiger partial charge is 0.173 e. The highest BCUT2D eigenvalue weighted by Crippen LogP contribution is 1.50. The molecule has 0 aliphatic heterocycles. The second-order valence-electron chi connectivity index (χ2n) is 0.993. The monoisotopic (exact) mass is 119 g/mol. The number of nitrogens with zero attached hydrogens (tertiary/aromatic N) is 1. The average molecular weight is 120 g/mol. The van der Waals surface area contributed by atoms with Gasteiger partial charge in [0.05, 0.1) is 0 Å². The third-order valence-electron chi connectivity index (χ3n) is 0. The highest BCUT2D eigenvalue weighted by Gasteiger charge is 1.62. The van der Waals surface area contributed by atoms with E-state index in [9.17, 15) is 4.79 Å². The van der Waals surface area contributed by atoms with Gasteiger partial charge in [-0.1, -0.05) is 0 Å². The van der Waals surface area contributed by atoms with E-state index in [1.165, 1.54) is 19.4 Å². The number of carbonyl (C=O) groups excluding carboxylic acids is 1. The lowest BCUT2D eigenvalue weighted by Gasteiger charge is -1.56. The Balaban J connectivity index is 0. The minimum Gasteiger partial charge on any atom is -0.300 e. The van der Waals surface area contributed by atoms with Crippen molar-refractivity contribution in [3.63, 3.8) is 0 Å². The standard InChI is InChI=1S/C3H6O.CClN/c1-3(2)4;2-1-3/h1-2H3;. The van der Waals surface area contributed by atoms with Gasteiger partial charge in [-0.25, -0.2) is 0 Å². The second-order valence-corrected chi connectivity index (χ2v) is 1.16. The lowest BCUT2D eigenvalue weighted by Crippen LogP contribution is -1.69. The van der Waals surface area contributed by atoms with Crippen LogP contribution in [0.5, 0.6) is 0 Å². The first-order valence-corrected chi connectivity index (χ1v) is 1.99. The number of halogens is 1. The van der Waals surface area contributed by atoms with E-state index in [0.29, 0.717) is 0 Å². The van der Waals surface area contributed by atoms with E-state index in [4.69, 9.17) is 5.26 Å². The molecule has 40 valence electrons. The quantitative estimate of drug-likeness (QED) is 0.482. The van der Waals surface area contributed by atoms with Gasteiger partial charge >= 0.3 is 0 Å². The Morgan fingerprint density at radius 1 is 1.71 bits per heavy atom. The number of Topliss-reactive ketones (excluding diaryl/α,β-unsaturated/α-hetero) is 1. The highest BCUT2D eigenvalue weighted by molar-refractivity contribution is 6.28. The van der Waals surface area contributed by atoms with Crippen molar-refractivity contribution in [1.29, 1.82) is 5.26 Å². The molecule has 0 unspecified atom stereocenters. The Labute approximate surface area is 47.7 Å². The molecule has 0 amide bonds. The van der Waals surface area contributed by atoms with Gasteiger partial charge in [0, 0.05) is 11.6 Å². The summed E-state index contributed by atoms with van der Waals surface area (Å²) in [5, 5.41) is 7.08. The Bertz CT molecular complexity index is 80.2. The van der Waals surface area contributed by atoms with E-state index < -0.39 is 0 Å². The summed E-state index contributed by atoms with van der Waals surface area (Å²) in [6.45, 7) is 3.06. The SMILES string of the molecule is CC(C)=O.N#CCl. The topological polar surface area (TPSA) is 40.9 Å². The summed E-state index contributed by atoms with van der Waals surface area (Å²) in [7, 11) is 0. The molecule has 7 heavy (non-hydrogen) atoms. The molecule has 0 rings (SSSR count). The number of rotatable bonds is 0. The van der Waals surface area contributed by atoms with Crippen molar-refractivity contribution < 1.29 is 4.79 Å². The Morgan fingerprint density at radius 2 is 1.71 bits per heavy atom. The molecule has 0 saturated heterocycles. The largest absolute Gasteiger partial charge is 0.300 e. The van der Waals surface area contributed by atoms with E-state index in [2.05, 4.69) is 11.6 Å². The van der Waals surface area contributed by atoms with Gasteiger partial charge in [-0.15, -0.1) is 0 Å². The van der Waals surface area contributed by atoms with E-state index in [-0.39, 0.29) is 5.78 Å². The summed E-state index contributed by atoms with van der Waals surface area (Å²) in [5.41, 5.74) is 1.22. The number of hydrogen-bond acceptors (Lipinski definition) is 2. The predicted molar refractivity (Wildman–Crippen MR) is 27.8 cm³/mol. The predicted octanol–water partition coefficient (Wildman–Crippen LogP) is 1.30. The van der Waals surface area contributed by atoms with Crippen LogP contribution in [0.3, 0.4) is 0 Å². The maximum absolute atomic E-state index is 9.44. The molecule has 3 heteroatoms. The van der Waals surface area contributed by atoms with Crippen LogP contribution in [0.1, 0.15) is 13.8 Å². The maximum Gasteiger partial charge on any atom is 0.173 e. The van der Waals surface area contributed by atoms with Crippen molar-refractivity contribution in [2.24, 2.45) is 0 Å². The van der Waals surface area contributed by atoms with Crippen molar-refractivity contribution in [1.82, 2.24) is 0 Å². The van der Waals surface area contributed by atoms with E-state index in [1.807, 2.05) is 0 Å². The molecule has 0 atom stereocenters. The summed E-state index contributed by atoms with van der Waals surface area (Å²) < 4.78 is 0. The molecule has 0 aromatic rings. The fraction of sp³-hybridized carbons (Fsp3) is 0.500. The second kappa shape index (κ2) is 9.07. The molecule has 0 aliphatic rings. The van der Waals surface area contributed by atoms with Crippen molar-refractivity contribution >= 4 is 17.4 Å². The first kappa shape index (κ1) is 9.67. The van der Waals surface area contributed by atoms with Gasteiger partial charge in [-0.2, -0.15) is 5.26 Å². The Morgan fingerprint density at radius 3 is 1.71 bits per heavy atom. The summed E-state index contributed by atoms with van der Waals surface area (Å²) in [6, 6.07) is 0. The van der Waals surface area contributed by atoms with Crippen LogP contribution in [0.15, 0.2) is 0 Å². The molecule has 0 radical (unpaired) electrons. The van der Waals surface area contributed by atoms with Crippen LogP contribution in [0.4, 0.5) is 0 Å². The summed E-state index contributed by atoms with van der Waals surface area (Å²) in [6.07, 6.45) is 0. The van der Waals surface area contributed by atoms with Gasteiger partial charge in [-0.3, -0.25) is 0 Å². The molecular weight excluding hydrogens is 114 g/mol. The van der Waals surface area contributed by atoms with Gasteiger partial charge in [0.15, 0.2) is 5.53 Å². The third-order valence-corrected chi connectivity index (χ3v) is 0. The number of carbonyl (C=O) groups is 1. The molecule has 0 bridgehead atoms. The van der Waals surface area contributed by atoms with Gasteiger partial charge in [0.1, 0.15) is 5.78 Å². The molecule has 0 heterocycles. The summed E-state index contributed by atoms with van der Waals surface area (Å²) in [4.78, 5) is 9.44. The van der Waals surface area contributed by atoms with Crippen LogP contribution in [-0.2, 0) is 4.79 Å². The number of ketones is 1. The van der Waals surface area contributed by atoms with Crippen molar-refractivity contribution in [2.45, 2.75) is 13.8 Å². The van der Waals surface area contributed by atoms with Crippen molar-refractivity contribution in [3.05, 3.63) is 0 Å². The molecular formula is C4H6ClNO. The molecule has 0 aliphatic carbocycles. The minimum atomic E-state index is 0.167. The fourth-order valence-corrected chi connectivity index (χ4v) is 0. The number of hydrogen-bond donors (Lipinski definition) is 0. The lowest BCUT2D eigenvalue weighted by molar-refractivity contribution is -0.114. The maximum atomic E-state index is 9.44. The van der Waals surface area contributed by atoms with E-state index in [1.54, 1.807) is 0 Å². The Hall–Kier alpha value is -0.550. The first-order valence-electron chi connectivity index (χ1n) is 1.62. The van der Waals surface area contributed by atoms with E-state index in [0.717, 1.165) is 0 Å². The van der Waals surface area contributed by atoms with Gasteiger partial charge in [0.25, 0.3) is 0 Å². The fourth-order valence-electron chi connectivity index (χ4n) is 0. The molecule has 0 fully saturated rings. The van der Waals surface area contributed by atoms with Gasteiger partial charge < -0.3 is 4.79 Å². The average Bonchev–Trinajstić information content (AvgIpc) is 1.33. The summed E-state index contributed by atoms with van der Waals surface area (Å²) >= 11 is 4.30. The van der Waals surface area contributed by atoms with Crippen LogP contribution in [0.2, 0.25) is 0 Å². The lowest BCUT2D eigenvalue weighted by atomic mass is 10.6. The first-order chi connectivity index (χ1) is 3.15. The van der Waals surface area contributed by atoms with Crippen molar-refractivity contribution in [2.75, 3.05) is 0 Å². The molecule has 0 spiro atoms. The molecule has 2 nitrogen and oxygen atoms in total. The zero-order valence-corrected chi connectivity index (χ0v) is 4.99. The molecule has 0 N–H and O–H groups in total. The summed E-state index contributed by atoms with van der Waals surface area (Å²) in [5.74, 6) is 0.167. The Kier molecular flexibility index (Phi) is 12.5. The number of nitriles is 1. The zero-order valence-electron chi connectivity index (χ0n) is 4.23. The van der Waals surface area contributed by atoms with Gasteiger partial charge in [-0.05, 0) is 13.8 Å². The normalized spacial score (nSPS) is 4.86. The minimum absolute atomic E-state index is 0.167. The van der Waals surface area contributed by atoms with E-state index >= 15 is 0 Å². The third kappa shape index (κ3) is 214. The highest BCUT2D eigenvalue weighted by atomic mass is 35.5. The zero-order chi connectivity index (χ0) is 6.28. The molecule has 0 saturated carbocycles. The van der Waals surface area contributed by atoms with Crippen molar-refractivity contribution in [3.8, 4) is 5.53 Å². The van der Waals surface area contributed by atoms with Crippen LogP contribution >= 0.6 is 11.6 Å². The van der Waals surface area contributed by atoms with Crippen LogP contribution < -0.4 is 0 Å². The van der Waals surface area contributed by atoms with Crippen LogP contribution in [0, 0.1) is 10.8 Å². The molecule has 0 aromatic carbocycles.